The van der Waals surface area contributed by atoms with Crippen LogP contribution < -0.4 is 9.80 Å². The van der Waals surface area contributed by atoms with Crippen LogP contribution in [0.2, 0.25) is 0 Å². The highest BCUT2D eigenvalue weighted by molar-refractivity contribution is 7.26. The van der Waals surface area contributed by atoms with Gasteiger partial charge in [0, 0.05) is 95.1 Å². The Labute approximate surface area is 694 Å². The van der Waals surface area contributed by atoms with E-state index in [9.17, 15) is 0 Å². The van der Waals surface area contributed by atoms with E-state index in [0.29, 0.717) is 0 Å². The smallest absolute Gasteiger partial charge is 0.114 e. The molecule has 2 aliphatic carbocycles. The summed E-state index contributed by atoms with van der Waals surface area (Å²) in [6.07, 6.45) is 35.7. The van der Waals surface area contributed by atoms with Crippen molar-refractivity contribution in [2.75, 3.05) is 9.80 Å². The van der Waals surface area contributed by atoms with Crippen LogP contribution in [0.5, 0.6) is 0 Å². The molecule has 0 saturated heterocycles. The van der Waals surface area contributed by atoms with Crippen LogP contribution in [-0.4, -0.2) is 8.75 Å². The van der Waals surface area contributed by atoms with Crippen LogP contribution in [0, 0.1) is 0 Å². The molecule has 0 aliphatic heterocycles. The van der Waals surface area contributed by atoms with Gasteiger partial charge in [-0.25, -0.2) is 0 Å². The quantitative estimate of drug-likeness (QED) is 0.0358. The van der Waals surface area contributed by atoms with E-state index in [1.165, 1.54) is 320 Å². The Bertz CT molecular complexity index is 4960. The minimum Gasteiger partial charge on any atom is -0.310 e. The predicted octanol–water partition coefficient (Wildman–Crippen LogP) is 34.4. The maximum Gasteiger partial charge on any atom is 0.114 e. The summed E-state index contributed by atoms with van der Waals surface area (Å²) < 4.78 is 10.1. The first-order valence-electron chi connectivity index (χ1n) is 42.9. The Balaban J connectivity index is 0.668. The second-order valence-corrected chi connectivity index (χ2v) is 36.9. The molecule has 0 bridgehead atoms. The largest absolute Gasteiger partial charge is 0.310 e. The lowest BCUT2D eigenvalue weighted by molar-refractivity contribution is 0.398. The molecular weight excluding hydrogens is 1470 g/mol. The molecule has 0 saturated carbocycles. The van der Waals surface area contributed by atoms with Crippen LogP contribution in [0.25, 0.3) is 94.6 Å². The summed E-state index contributed by atoms with van der Waals surface area (Å²) in [5, 5.41) is 0. The Morgan fingerprint density at radius 1 is 0.230 bits per heavy atom. The van der Waals surface area contributed by atoms with E-state index in [1.807, 2.05) is 45.3 Å². The first-order chi connectivity index (χ1) is 55.9. The highest BCUT2D eigenvalue weighted by Crippen LogP contribution is 2.60. The zero-order valence-corrected chi connectivity index (χ0v) is 71.0. The Hall–Kier alpha value is -8.80. The number of nitrogens with zero attached hydrogens (tertiary/aromatic N) is 4. The third kappa shape index (κ3) is 16.9. The number of hydrogen-bond acceptors (Lipinski definition) is 9. The molecule has 2 aliphatic rings. The van der Waals surface area contributed by atoms with Crippen LogP contribution in [0.15, 0.2) is 255 Å². The lowest BCUT2D eigenvalue weighted by Crippen LogP contribution is -2.26. The number of rotatable bonds is 40. The van der Waals surface area contributed by atoms with E-state index in [4.69, 9.17) is 8.75 Å². The van der Waals surface area contributed by atoms with E-state index in [0.717, 1.165) is 22.2 Å². The van der Waals surface area contributed by atoms with Crippen molar-refractivity contribution in [3.05, 3.63) is 277 Å². The topological polar surface area (TPSA) is 32.3 Å². The number of unbranched alkanes of at least 4 members (excludes halogenated alkanes) is 20. The van der Waals surface area contributed by atoms with E-state index < -0.39 is 0 Å². The number of anilines is 6. The van der Waals surface area contributed by atoms with Gasteiger partial charge < -0.3 is 9.80 Å². The average Bonchev–Trinajstić information content (AvgIpc) is 1.56. The van der Waals surface area contributed by atoms with Gasteiger partial charge in [0.1, 0.15) is 11.0 Å². The summed E-state index contributed by atoms with van der Waals surface area (Å²) in [5.74, 6) is 0. The van der Waals surface area contributed by atoms with Crippen molar-refractivity contribution in [2.24, 2.45) is 0 Å². The second-order valence-electron chi connectivity index (χ2n) is 32.0. The summed E-state index contributed by atoms with van der Waals surface area (Å²) in [6.45, 7) is 9.33. The fourth-order valence-electron chi connectivity index (χ4n) is 18.7. The molecule has 0 radical (unpaired) electrons. The third-order valence-corrected chi connectivity index (χ3v) is 29.9. The molecule has 0 amide bonds. The molecule has 0 spiro atoms. The SMILES string of the molecule is CCCCCCCCC1(CCCCCCCC)c2cc(-c3ccc(-c4ccc(-c5ccc(-c6ccc(-c7ccc(-c8ccc9c(c8)C(CCCCCCCC)(CCCCCCCC)c8cc(N(c%10ccccc%10)c%10ccccc%10)ccc8-9)s7)s6)c6nsnc56)s4)s3)ccc2-c2ccc(N(c3ccccc3)c3ccccc3)cc21. The van der Waals surface area contributed by atoms with E-state index >= 15 is 0 Å². The van der Waals surface area contributed by atoms with Gasteiger partial charge in [-0.15, -0.1) is 45.3 Å². The van der Waals surface area contributed by atoms with Gasteiger partial charge in [0.15, 0.2) is 0 Å². The molecule has 0 atom stereocenters. The van der Waals surface area contributed by atoms with Gasteiger partial charge in [-0.1, -0.05) is 303 Å². The molecule has 113 heavy (non-hydrogen) atoms. The zero-order chi connectivity index (χ0) is 76.8. The average molecular weight is 1580 g/mol. The van der Waals surface area contributed by atoms with E-state index in [2.05, 4.69) is 292 Å². The minimum atomic E-state index is -0.0874. The van der Waals surface area contributed by atoms with Crippen LogP contribution in [-0.2, 0) is 10.8 Å². The number of aromatic nitrogens is 2. The van der Waals surface area contributed by atoms with Gasteiger partial charge in [0.05, 0.1) is 11.7 Å². The van der Waals surface area contributed by atoms with Gasteiger partial charge in [0.2, 0.25) is 0 Å². The first-order valence-corrected chi connectivity index (χ1v) is 46.9. The maximum atomic E-state index is 5.06. The van der Waals surface area contributed by atoms with Gasteiger partial charge in [-0.2, -0.15) is 8.75 Å². The molecule has 5 aromatic heterocycles. The molecule has 9 heteroatoms. The Kier molecular flexibility index (Phi) is 25.7. The van der Waals surface area contributed by atoms with Crippen LogP contribution >= 0.6 is 57.1 Å². The van der Waals surface area contributed by atoms with Crippen molar-refractivity contribution < 1.29 is 0 Å². The monoisotopic (exact) mass is 1570 g/mol. The fraction of sp³-hybridized carbons (Fsp3) is 0.327. The summed E-state index contributed by atoms with van der Waals surface area (Å²) in [4.78, 5) is 15.2. The Morgan fingerprint density at radius 2 is 0.487 bits per heavy atom. The van der Waals surface area contributed by atoms with Crippen molar-refractivity contribution in [2.45, 2.75) is 218 Å². The zero-order valence-electron chi connectivity index (χ0n) is 66.9. The molecule has 16 rings (SSSR count). The van der Waals surface area contributed by atoms with Crippen LogP contribution in [0.1, 0.15) is 230 Å². The summed E-state index contributed by atoms with van der Waals surface area (Å²) in [5.41, 5.74) is 25.7. The molecule has 14 aromatic rings. The standard InChI is InChI=1S/C104H110N4S5/c1-5-9-13-17-21-37-67-103(68-38-22-18-14-10-6-2)89-71-75(49-53-83(89)85-55-51-81(73-91(85)103)107(77-41-29-25-30-42-77)78-43-31-26-32-44-78)93-59-63-97(109-93)99-65-61-95(111-99)87-57-58-88(102-101(87)105-113-106-102)96-62-66-100(112-96)98-64-60-94(110-98)76-50-54-84-86-56-52-82(108(79-45-33-27-34-46-79)80-47-35-28-36-48-80)74-92(86)104(90(84)72-76,69-39-23-19-15-11-7-3)70-40-24-20-16-12-8-4/h25-36,41-66,71-74H,5-24,37-40,67-70H2,1-4H3. The van der Waals surface area contributed by atoms with Gasteiger partial charge >= 0.3 is 0 Å². The molecule has 9 aromatic carbocycles. The third-order valence-electron chi connectivity index (χ3n) is 24.5. The molecule has 5 heterocycles. The molecular formula is C104H110N4S5. The van der Waals surface area contributed by atoms with E-state index in [1.54, 1.807) is 0 Å². The number of hydrogen-bond donors (Lipinski definition) is 0. The minimum absolute atomic E-state index is 0.0874. The number of benzene rings is 9. The first kappa shape index (κ1) is 78.1. The van der Waals surface area contributed by atoms with Gasteiger partial charge in [-0.05, 0) is 215 Å². The van der Waals surface area contributed by atoms with Gasteiger partial charge in [0.25, 0.3) is 0 Å². The van der Waals surface area contributed by atoms with Crippen molar-refractivity contribution in [1.82, 2.24) is 8.75 Å². The summed E-state index contributed by atoms with van der Waals surface area (Å²) in [7, 11) is 0. The van der Waals surface area contributed by atoms with Crippen molar-refractivity contribution in [1.29, 1.82) is 0 Å². The molecule has 0 N–H and O–H groups in total. The molecule has 576 valence electrons. The lowest BCUT2D eigenvalue weighted by Gasteiger charge is -2.34. The molecule has 0 unspecified atom stereocenters. The molecule has 4 nitrogen and oxygen atoms in total. The number of fused-ring (bicyclic) bond motifs is 7. The number of para-hydroxylation sites is 4. The Morgan fingerprint density at radius 3 is 0.805 bits per heavy atom. The highest BCUT2D eigenvalue weighted by atomic mass is 32.1. The van der Waals surface area contributed by atoms with E-state index in [-0.39, 0.29) is 10.8 Å². The number of thiophene rings is 4. The molecule has 0 fully saturated rings. The normalized spacial score (nSPS) is 13.0. The predicted molar refractivity (Wildman–Crippen MR) is 495 cm³/mol. The summed E-state index contributed by atoms with van der Waals surface area (Å²) in [6, 6.07) is 97.4. The lowest BCUT2D eigenvalue weighted by atomic mass is 9.70. The van der Waals surface area contributed by atoms with Crippen molar-refractivity contribution in [3.63, 3.8) is 0 Å². The van der Waals surface area contributed by atoms with Crippen LogP contribution in [0.4, 0.5) is 34.1 Å². The summed E-state index contributed by atoms with van der Waals surface area (Å²) >= 11 is 8.94. The van der Waals surface area contributed by atoms with Gasteiger partial charge in [-0.3, -0.25) is 0 Å². The van der Waals surface area contributed by atoms with Crippen molar-refractivity contribution >= 4 is 102 Å². The highest BCUT2D eigenvalue weighted by Gasteiger charge is 2.45. The fourth-order valence-corrected chi connectivity index (χ4v) is 23.5. The van der Waals surface area contributed by atoms with Crippen LogP contribution in [0.3, 0.4) is 0 Å². The van der Waals surface area contributed by atoms with Crippen molar-refractivity contribution in [3.8, 4) is 83.5 Å². The second kappa shape index (κ2) is 37.2. The maximum absolute atomic E-state index is 5.06.